The van der Waals surface area contributed by atoms with Crippen molar-refractivity contribution < 1.29 is 19.1 Å². The summed E-state index contributed by atoms with van der Waals surface area (Å²) in [5.41, 5.74) is -0.402. The number of rotatable bonds is 6. The van der Waals surface area contributed by atoms with E-state index in [2.05, 4.69) is 11.3 Å². The van der Waals surface area contributed by atoms with Gasteiger partial charge in [-0.15, -0.1) is 0 Å². The molecule has 0 spiro atoms. The summed E-state index contributed by atoms with van der Waals surface area (Å²) in [7, 11) is 2.71. The predicted molar refractivity (Wildman–Crippen MR) is 70.0 cm³/mol. The Morgan fingerprint density at radius 1 is 1.06 bits per heavy atom. The first-order valence-electron chi connectivity index (χ1n) is 5.90. The van der Waals surface area contributed by atoms with Crippen LogP contribution in [0.4, 0.5) is 0 Å². The van der Waals surface area contributed by atoms with Gasteiger partial charge in [-0.1, -0.05) is 20.4 Å². The Labute approximate surface area is 109 Å². The monoisotopic (exact) mass is 256 g/mol. The Morgan fingerprint density at radius 3 is 1.94 bits per heavy atom. The Morgan fingerprint density at radius 2 is 1.56 bits per heavy atom. The zero-order valence-corrected chi connectivity index (χ0v) is 12.3. The molecule has 0 aromatic heterocycles. The van der Waals surface area contributed by atoms with Gasteiger partial charge in [0.05, 0.1) is 19.6 Å². The lowest BCUT2D eigenvalue weighted by atomic mass is 9.72. The summed E-state index contributed by atoms with van der Waals surface area (Å²) in [5.74, 6) is -0.654. The second-order valence-electron chi connectivity index (χ2n) is 5.99. The molecule has 104 valence electrons. The number of esters is 2. The molecule has 0 fully saturated rings. The minimum Gasteiger partial charge on any atom is -0.469 e. The quantitative estimate of drug-likeness (QED) is 0.541. The number of hydrogen-bond donors (Lipinski definition) is 0. The van der Waals surface area contributed by atoms with E-state index in [9.17, 15) is 9.59 Å². The summed E-state index contributed by atoms with van der Waals surface area (Å²) in [5, 5.41) is 0. The van der Waals surface area contributed by atoms with Crippen LogP contribution in [0.1, 0.15) is 40.5 Å². The molecule has 0 bridgehead atoms. The SMILES string of the molecule is C=C(CC(C)(C)CC(C)(C)C(=O)OC)C(=O)OC. The topological polar surface area (TPSA) is 52.6 Å². The van der Waals surface area contributed by atoms with E-state index in [1.807, 2.05) is 27.7 Å². The highest BCUT2D eigenvalue weighted by molar-refractivity contribution is 5.87. The van der Waals surface area contributed by atoms with Gasteiger partial charge in [0.25, 0.3) is 0 Å². The lowest BCUT2D eigenvalue weighted by Gasteiger charge is -2.33. The van der Waals surface area contributed by atoms with Crippen molar-refractivity contribution in [1.82, 2.24) is 0 Å². The van der Waals surface area contributed by atoms with Gasteiger partial charge in [0.15, 0.2) is 0 Å². The fourth-order valence-corrected chi connectivity index (χ4v) is 2.40. The number of hydrogen-bond acceptors (Lipinski definition) is 4. The third kappa shape index (κ3) is 4.90. The van der Waals surface area contributed by atoms with Gasteiger partial charge >= 0.3 is 11.9 Å². The maximum absolute atomic E-state index is 11.7. The van der Waals surface area contributed by atoms with Crippen LogP contribution in [-0.2, 0) is 19.1 Å². The van der Waals surface area contributed by atoms with Crippen molar-refractivity contribution in [3.05, 3.63) is 12.2 Å². The van der Waals surface area contributed by atoms with Gasteiger partial charge in [0.1, 0.15) is 0 Å². The van der Waals surface area contributed by atoms with Gasteiger partial charge in [-0.05, 0) is 32.1 Å². The zero-order chi connectivity index (χ0) is 14.6. The number of ether oxygens (including phenoxy) is 2. The van der Waals surface area contributed by atoms with Crippen molar-refractivity contribution in [2.75, 3.05) is 14.2 Å². The van der Waals surface area contributed by atoms with Gasteiger partial charge < -0.3 is 9.47 Å². The minimum atomic E-state index is -0.589. The van der Waals surface area contributed by atoms with Gasteiger partial charge in [-0.2, -0.15) is 0 Å². The molecule has 0 heterocycles. The summed E-state index contributed by atoms with van der Waals surface area (Å²) in [6.07, 6.45) is 1.09. The zero-order valence-electron chi connectivity index (χ0n) is 12.3. The van der Waals surface area contributed by atoms with Crippen LogP contribution in [-0.4, -0.2) is 26.2 Å². The average Bonchev–Trinajstić information content (AvgIpc) is 2.24. The van der Waals surface area contributed by atoms with E-state index in [1.165, 1.54) is 14.2 Å². The van der Waals surface area contributed by atoms with Crippen molar-refractivity contribution in [2.24, 2.45) is 10.8 Å². The molecule has 0 saturated carbocycles. The lowest BCUT2D eigenvalue weighted by molar-refractivity contribution is -0.152. The number of carbonyl (C=O) groups is 2. The molecule has 4 nitrogen and oxygen atoms in total. The molecule has 0 saturated heterocycles. The Bertz CT molecular complexity index is 340. The Kier molecular flexibility index (Phi) is 5.58. The summed E-state index contributed by atoms with van der Waals surface area (Å²) >= 11 is 0. The first-order chi connectivity index (χ1) is 8.05. The maximum Gasteiger partial charge on any atom is 0.333 e. The first-order valence-corrected chi connectivity index (χ1v) is 5.90. The largest absolute Gasteiger partial charge is 0.469 e. The fraction of sp³-hybridized carbons (Fsp3) is 0.714. The van der Waals surface area contributed by atoms with Crippen molar-refractivity contribution in [1.29, 1.82) is 0 Å². The van der Waals surface area contributed by atoms with Crippen molar-refractivity contribution >= 4 is 11.9 Å². The van der Waals surface area contributed by atoms with Gasteiger partial charge in [-0.25, -0.2) is 4.79 Å². The molecule has 18 heavy (non-hydrogen) atoms. The first kappa shape index (κ1) is 16.7. The van der Waals surface area contributed by atoms with Crippen LogP contribution in [0, 0.1) is 10.8 Å². The maximum atomic E-state index is 11.7. The summed E-state index contributed by atoms with van der Waals surface area (Å²) < 4.78 is 9.41. The van der Waals surface area contributed by atoms with Crippen LogP contribution in [0.3, 0.4) is 0 Å². The van der Waals surface area contributed by atoms with Crippen molar-refractivity contribution in [3.8, 4) is 0 Å². The summed E-state index contributed by atoms with van der Waals surface area (Å²) in [4.78, 5) is 23.0. The normalized spacial score (nSPS) is 11.9. The summed E-state index contributed by atoms with van der Waals surface area (Å²) in [6, 6.07) is 0. The molecule has 0 aliphatic heterocycles. The van der Waals surface area contributed by atoms with Crippen molar-refractivity contribution in [2.45, 2.75) is 40.5 Å². The van der Waals surface area contributed by atoms with E-state index in [-0.39, 0.29) is 11.4 Å². The lowest BCUT2D eigenvalue weighted by Crippen LogP contribution is -2.32. The minimum absolute atomic E-state index is 0.233. The Balaban J connectivity index is 4.71. The molecule has 0 atom stereocenters. The molecule has 0 radical (unpaired) electrons. The molecule has 0 aliphatic rings. The second kappa shape index (κ2) is 6.03. The molecule has 0 N–H and O–H groups in total. The molecule has 0 unspecified atom stereocenters. The van der Waals surface area contributed by atoms with Crippen LogP contribution >= 0.6 is 0 Å². The summed E-state index contributed by atoms with van der Waals surface area (Å²) in [6.45, 7) is 11.4. The van der Waals surface area contributed by atoms with Gasteiger partial charge in [0, 0.05) is 5.57 Å². The van der Waals surface area contributed by atoms with Crippen LogP contribution < -0.4 is 0 Å². The van der Waals surface area contributed by atoms with E-state index < -0.39 is 11.4 Å². The van der Waals surface area contributed by atoms with E-state index in [0.717, 1.165) is 0 Å². The molecule has 0 aromatic rings. The van der Waals surface area contributed by atoms with Crippen LogP contribution in [0.5, 0.6) is 0 Å². The van der Waals surface area contributed by atoms with E-state index in [1.54, 1.807) is 0 Å². The second-order valence-corrected chi connectivity index (χ2v) is 5.99. The molecule has 0 aliphatic carbocycles. The van der Waals surface area contributed by atoms with Crippen molar-refractivity contribution in [3.63, 3.8) is 0 Å². The average molecular weight is 256 g/mol. The van der Waals surface area contributed by atoms with Crippen LogP contribution in [0.2, 0.25) is 0 Å². The number of carbonyl (C=O) groups excluding carboxylic acids is 2. The highest BCUT2D eigenvalue weighted by Gasteiger charge is 2.36. The van der Waals surface area contributed by atoms with E-state index >= 15 is 0 Å². The van der Waals surface area contributed by atoms with Crippen LogP contribution in [0.15, 0.2) is 12.2 Å². The third-order valence-corrected chi connectivity index (χ3v) is 2.82. The highest BCUT2D eigenvalue weighted by Crippen LogP contribution is 2.38. The van der Waals surface area contributed by atoms with Crippen LogP contribution in [0.25, 0.3) is 0 Å². The Hall–Kier alpha value is -1.32. The molecule has 0 rings (SSSR count). The van der Waals surface area contributed by atoms with Gasteiger partial charge in [-0.3, -0.25) is 4.79 Å². The standard InChI is InChI=1S/C14H24O4/c1-10(11(15)17-6)8-13(2,3)9-14(4,5)12(16)18-7/h1,8-9H2,2-7H3. The number of methoxy groups -OCH3 is 2. The fourth-order valence-electron chi connectivity index (χ4n) is 2.40. The molecule has 0 amide bonds. The molecular weight excluding hydrogens is 232 g/mol. The highest BCUT2D eigenvalue weighted by atomic mass is 16.5. The smallest absolute Gasteiger partial charge is 0.333 e. The molecule has 4 heteroatoms. The van der Waals surface area contributed by atoms with Gasteiger partial charge in [0.2, 0.25) is 0 Å². The molecule has 0 aromatic carbocycles. The predicted octanol–water partition coefficient (Wildman–Crippen LogP) is 2.72. The van der Waals surface area contributed by atoms with E-state index in [0.29, 0.717) is 18.4 Å². The third-order valence-electron chi connectivity index (χ3n) is 2.82. The molecular formula is C14H24O4. The van der Waals surface area contributed by atoms with E-state index in [4.69, 9.17) is 4.74 Å².